The van der Waals surface area contributed by atoms with E-state index in [0.29, 0.717) is 51.2 Å². The molecular formula is C32H31BrClN3O6S. The average molecular weight is 701 g/mol. The Morgan fingerprint density at radius 1 is 0.955 bits per heavy atom. The molecule has 0 aliphatic carbocycles. The summed E-state index contributed by atoms with van der Waals surface area (Å²) < 4.78 is 45.8. The van der Waals surface area contributed by atoms with Crippen LogP contribution in [0.3, 0.4) is 0 Å². The van der Waals surface area contributed by atoms with Gasteiger partial charge < -0.3 is 14.2 Å². The summed E-state index contributed by atoms with van der Waals surface area (Å²) >= 11 is 9.29. The summed E-state index contributed by atoms with van der Waals surface area (Å²) in [7, 11) is -2.65. The fourth-order valence-corrected chi connectivity index (χ4v) is 6.31. The van der Waals surface area contributed by atoms with Crippen molar-refractivity contribution in [3.63, 3.8) is 0 Å². The molecule has 44 heavy (non-hydrogen) atoms. The first-order chi connectivity index (χ1) is 21.1. The van der Waals surface area contributed by atoms with Crippen molar-refractivity contribution >= 4 is 55.4 Å². The number of rotatable bonds is 13. The minimum Gasteiger partial charge on any atom is -0.496 e. The number of ether oxygens (including phenoxy) is 3. The van der Waals surface area contributed by atoms with E-state index in [1.165, 1.54) is 25.5 Å². The van der Waals surface area contributed by atoms with Crippen LogP contribution in [-0.4, -0.2) is 40.8 Å². The third-order valence-electron chi connectivity index (χ3n) is 6.30. The molecule has 0 aromatic heterocycles. The van der Waals surface area contributed by atoms with Gasteiger partial charge in [0.2, 0.25) is 0 Å². The number of nitrogens with zero attached hydrogens (tertiary/aromatic N) is 2. The number of aryl methyl sites for hydroxylation is 1. The molecule has 230 valence electrons. The summed E-state index contributed by atoms with van der Waals surface area (Å²) in [6, 6.07) is 23.9. The Labute approximate surface area is 270 Å². The summed E-state index contributed by atoms with van der Waals surface area (Å²) in [5.74, 6) is 0.906. The van der Waals surface area contributed by atoms with Crippen LogP contribution >= 0.6 is 27.5 Å². The monoisotopic (exact) mass is 699 g/mol. The second kappa shape index (κ2) is 15.1. The number of sulfonamides is 1. The third-order valence-corrected chi connectivity index (χ3v) is 8.94. The van der Waals surface area contributed by atoms with E-state index in [9.17, 15) is 13.2 Å². The smallest absolute Gasteiger partial charge is 0.264 e. The minimum atomic E-state index is -4.13. The zero-order valence-corrected chi connectivity index (χ0v) is 27.4. The van der Waals surface area contributed by atoms with Gasteiger partial charge in [0, 0.05) is 5.02 Å². The molecule has 0 aliphatic rings. The van der Waals surface area contributed by atoms with Gasteiger partial charge in [-0.25, -0.2) is 13.8 Å². The maximum atomic E-state index is 13.7. The highest BCUT2D eigenvalue weighted by molar-refractivity contribution is 9.10. The average Bonchev–Trinajstić information content (AvgIpc) is 3.01. The Bertz CT molecular complexity index is 1730. The summed E-state index contributed by atoms with van der Waals surface area (Å²) in [5.41, 5.74) is 5.29. The number of amides is 1. The van der Waals surface area contributed by atoms with E-state index in [1.54, 1.807) is 60.7 Å². The SMILES string of the molecule is CCOc1cc(/C=N\NC(=O)CN(c2ccc(C)cc2)S(=O)(=O)c2ccc(OC)c(Br)c2)ccc1OCc1ccc(Cl)cc1. The molecule has 0 saturated heterocycles. The van der Waals surface area contributed by atoms with Crippen LogP contribution < -0.4 is 23.9 Å². The molecule has 4 rings (SSSR count). The number of methoxy groups -OCH3 is 1. The van der Waals surface area contributed by atoms with Gasteiger partial charge in [-0.1, -0.05) is 41.4 Å². The molecule has 0 heterocycles. The van der Waals surface area contributed by atoms with Gasteiger partial charge in [-0.2, -0.15) is 5.10 Å². The fourth-order valence-electron chi connectivity index (χ4n) is 4.04. The lowest BCUT2D eigenvalue weighted by Crippen LogP contribution is -2.39. The highest BCUT2D eigenvalue weighted by Gasteiger charge is 2.28. The van der Waals surface area contributed by atoms with Crippen LogP contribution in [0.5, 0.6) is 17.2 Å². The van der Waals surface area contributed by atoms with E-state index in [4.69, 9.17) is 25.8 Å². The number of hydrogen-bond acceptors (Lipinski definition) is 7. The van der Waals surface area contributed by atoms with E-state index in [1.807, 2.05) is 26.0 Å². The van der Waals surface area contributed by atoms with E-state index in [-0.39, 0.29) is 4.90 Å². The van der Waals surface area contributed by atoms with Crippen LogP contribution in [0.1, 0.15) is 23.6 Å². The Hall–Kier alpha value is -4.06. The van der Waals surface area contributed by atoms with E-state index in [2.05, 4.69) is 26.5 Å². The van der Waals surface area contributed by atoms with Crippen LogP contribution in [-0.2, 0) is 21.4 Å². The van der Waals surface area contributed by atoms with Crippen molar-refractivity contribution in [3.05, 3.63) is 111 Å². The topological polar surface area (TPSA) is 107 Å². The Morgan fingerprint density at radius 3 is 2.32 bits per heavy atom. The number of hydrazone groups is 1. The van der Waals surface area contributed by atoms with Crippen molar-refractivity contribution < 1.29 is 27.4 Å². The molecule has 0 radical (unpaired) electrons. The van der Waals surface area contributed by atoms with Crippen molar-refractivity contribution in [1.29, 1.82) is 0 Å². The molecule has 12 heteroatoms. The number of carbonyl (C=O) groups excluding carboxylic acids is 1. The van der Waals surface area contributed by atoms with Crippen molar-refractivity contribution in [2.75, 3.05) is 24.6 Å². The molecule has 4 aromatic rings. The van der Waals surface area contributed by atoms with Crippen LogP contribution in [0.4, 0.5) is 5.69 Å². The van der Waals surface area contributed by atoms with Gasteiger partial charge in [0.1, 0.15) is 18.9 Å². The number of halogens is 2. The number of anilines is 1. The van der Waals surface area contributed by atoms with Crippen molar-refractivity contribution in [2.45, 2.75) is 25.3 Å². The summed E-state index contributed by atoms with van der Waals surface area (Å²) in [6.07, 6.45) is 1.44. The summed E-state index contributed by atoms with van der Waals surface area (Å²) in [6.45, 7) is 3.99. The lowest BCUT2D eigenvalue weighted by Gasteiger charge is -2.24. The van der Waals surface area contributed by atoms with Gasteiger partial charge in [0.25, 0.3) is 15.9 Å². The van der Waals surface area contributed by atoms with Gasteiger partial charge in [-0.05, 0) is 102 Å². The largest absolute Gasteiger partial charge is 0.496 e. The third kappa shape index (κ3) is 8.52. The molecule has 1 amide bonds. The molecule has 1 N–H and O–H groups in total. The highest BCUT2D eigenvalue weighted by Crippen LogP contribution is 2.31. The molecule has 4 aromatic carbocycles. The summed E-state index contributed by atoms with van der Waals surface area (Å²) in [4.78, 5) is 13.0. The number of carbonyl (C=O) groups is 1. The molecular weight excluding hydrogens is 670 g/mol. The van der Waals surface area contributed by atoms with Crippen molar-refractivity contribution in [2.24, 2.45) is 5.10 Å². The predicted octanol–water partition coefficient (Wildman–Crippen LogP) is 6.74. The van der Waals surface area contributed by atoms with Crippen LogP contribution in [0.25, 0.3) is 0 Å². The predicted molar refractivity (Wildman–Crippen MR) is 176 cm³/mol. The van der Waals surface area contributed by atoms with Gasteiger partial charge >= 0.3 is 0 Å². The van der Waals surface area contributed by atoms with E-state index >= 15 is 0 Å². The number of benzene rings is 4. The first-order valence-corrected chi connectivity index (χ1v) is 16.1. The van der Waals surface area contributed by atoms with Crippen molar-refractivity contribution in [3.8, 4) is 17.2 Å². The quantitative estimate of drug-likeness (QED) is 0.122. The normalized spacial score (nSPS) is 11.3. The van der Waals surface area contributed by atoms with Crippen LogP contribution in [0, 0.1) is 6.92 Å². The zero-order chi connectivity index (χ0) is 31.7. The molecule has 9 nitrogen and oxygen atoms in total. The maximum Gasteiger partial charge on any atom is 0.264 e. The van der Waals surface area contributed by atoms with Gasteiger partial charge in [0.15, 0.2) is 11.5 Å². The molecule has 0 unspecified atom stereocenters. The van der Waals surface area contributed by atoms with E-state index in [0.717, 1.165) is 15.4 Å². The first-order valence-electron chi connectivity index (χ1n) is 13.5. The Morgan fingerprint density at radius 2 is 1.66 bits per heavy atom. The molecule has 0 spiro atoms. The summed E-state index contributed by atoms with van der Waals surface area (Å²) in [5, 5.41) is 4.70. The van der Waals surface area contributed by atoms with Gasteiger partial charge in [-0.15, -0.1) is 0 Å². The standard InChI is InChI=1S/C32H31BrClN3O6S/c1-4-42-31-17-24(9-15-30(31)43-21-23-7-10-25(34)11-8-23)19-35-36-32(38)20-37(26-12-5-22(2)6-13-26)44(39,40)27-14-16-29(41-3)28(33)18-27/h5-19H,4,20-21H2,1-3H3,(H,36,38)/b35-19-. The first kappa shape index (κ1) is 32.8. The second-order valence-corrected chi connectivity index (χ2v) is 12.6. The number of nitrogens with one attached hydrogen (secondary N) is 1. The Kier molecular flexibility index (Phi) is 11.3. The molecule has 0 saturated carbocycles. The van der Waals surface area contributed by atoms with Gasteiger partial charge in [0.05, 0.1) is 35.0 Å². The lowest BCUT2D eigenvalue weighted by atomic mass is 10.2. The van der Waals surface area contributed by atoms with Crippen LogP contribution in [0.15, 0.2) is 99.4 Å². The number of hydrogen-bond donors (Lipinski definition) is 1. The lowest BCUT2D eigenvalue weighted by molar-refractivity contribution is -0.119. The van der Waals surface area contributed by atoms with Crippen LogP contribution in [0.2, 0.25) is 5.02 Å². The fraction of sp³-hybridized carbons (Fsp3) is 0.188. The maximum absolute atomic E-state index is 13.7. The second-order valence-electron chi connectivity index (χ2n) is 9.49. The highest BCUT2D eigenvalue weighted by atomic mass is 79.9. The van der Waals surface area contributed by atoms with Gasteiger partial charge in [-0.3, -0.25) is 9.10 Å². The van der Waals surface area contributed by atoms with E-state index < -0.39 is 22.5 Å². The van der Waals surface area contributed by atoms with Crippen molar-refractivity contribution in [1.82, 2.24) is 5.43 Å². The molecule has 0 fully saturated rings. The Balaban J connectivity index is 1.48. The minimum absolute atomic E-state index is 0.0103. The molecule has 0 bridgehead atoms. The molecule has 0 atom stereocenters. The zero-order valence-electron chi connectivity index (χ0n) is 24.3. The molecule has 0 aliphatic heterocycles.